The number of thiophene rings is 1. The second-order valence-corrected chi connectivity index (χ2v) is 9.94. The van der Waals surface area contributed by atoms with E-state index in [2.05, 4.69) is 4.74 Å². The number of thioether (sulfide) groups is 1. The Morgan fingerprint density at radius 1 is 1.32 bits per heavy atom. The van der Waals surface area contributed by atoms with Crippen molar-refractivity contribution in [1.29, 1.82) is 0 Å². The van der Waals surface area contributed by atoms with Crippen LogP contribution < -0.4 is 4.74 Å². The number of nitrogens with zero attached hydrogens (tertiary/aromatic N) is 1. The zero-order valence-corrected chi connectivity index (χ0v) is 19.8. The number of amides is 1. The van der Waals surface area contributed by atoms with Gasteiger partial charge in [-0.15, -0.1) is 11.3 Å². The first kappa shape index (κ1) is 25.2. The molecule has 0 spiro atoms. The maximum atomic E-state index is 12.7. The van der Waals surface area contributed by atoms with E-state index in [1.165, 1.54) is 25.5 Å². The smallest absolute Gasteiger partial charge is 0.357 e. The topological polar surface area (TPSA) is 130 Å². The largest absolute Gasteiger partial charge is 0.476 e. The van der Waals surface area contributed by atoms with Crippen molar-refractivity contribution in [3.05, 3.63) is 27.1 Å². The van der Waals surface area contributed by atoms with Crippen molar-refractivity contribution in [1.82, 2.24) is 4.90 Å². The summed E-state index contributed by atoms with van der Waals surface area (Å²) in [6.45, 7) is 6.26. The molecule has 1 aliphatic heterocycles. The van der Waals surface area contributed by atoms with E-state index in [4.69, 9.17) is 16.3 Å². The quantitative estimate of drug-likeness (QED) is 0.147. The Morgan fingerprint density at radius 2 is 1.94 bits per heavy atom. The van der Waals surface area contributed by atoms with E-state index in [1.807, 2.05) is 0 Å². The maximum Gasteiger partial charge on any atom is 0.357 e. The standard InChI is InChI=1S/C19H22ClNO8S2/c1-8(22)10-13(20)21(14(10)23)11(15(24)25)17(31-18(27)19(2,3)4)29-9-6-7-30-12(9)16(26)28-5/h6-8,10,13,22H,1-5H3,(H,24,25)/t8-,10-,13-/m1/s1. The van der Waals surface area contributed by atoms with Gasteiger partial charge in [0.05, 0.1) is 19.1 Å². The molecule has 31 heavy (non-hydrogen) atoms. The Labute approximate surface area is 191 Å². The van der Waals surface area contributed by atoms with Crippen molar-refractivity contribution in [3.63, 3.8) is 0 Å². The van der Waals surface area contributed by atoms with Gasteiger partial charge in [0.15, 0.2) is 21.4 Å². The third-order valence-corrected chi connectivity index (χ3v) is 6.82. The monoisotopic (exact) mass is 491 g/mol. The van der Waals surface area contributed by atoms with Gasteiger partial charge in [-0.3, -0.25) is 14.5 Å². The molecule has 3 atom stereocenters. The van der Waals surface area contributed by atoms with E-state index >= 15 is 0 Å². The van der Waals surface area contributed by atoms with Gasteiger partial charge in [0.2, 0.25) is 11.0 Å². The summed E-state index contributed by atoms with van der Waals surface area (Å²) in [5.41, 5.74) is -2.69. The number of ether oxygens (including phenoxy) is 2. The molecule has 0 bridgehead atoms. The molecule has 2 N–H and O–H groups in total. The molecule has 9 nitrogen and oxygen atoms in total. The summed E-state index contributed by atoms with van der Waals surface area (Å²) in [4.78, 5) is 50.1. The molecule has 0 aliphatic carbocycles. The zero-order chi connectivity index (χ0) is 23.7. The van der Waals surface area contributed by atoms with E-state index in [0.717, 1.165) is 16.2 Å². The van der Waals surface area contributed by atoms with Crippen LogP contribution in [0.25, 0.3) is 0 Å². The fourth-order valence-corrected chi connectivity index (χ4v) is 4.64. The first-order valence-corrected chi connectivity index (χ1v) is 11.1. The Balaban J connectivity index is 2.58. The Hall–Kier alpha value is -2.08. The number of carbonyl (C=O) groups excluding carboxylic acids is 3. The third-order valence-electron chi connectivity index (χ3n) is 4.22. The average Bonchev–Trinajstić information content (AvgIpc) is 3.11. The zero-order valence-electron chi connectivity index (χ0n) is 17.4. The molecule has 0 saturated carbocycles. The van der Waals surface area contributed by atoms with Gasteiger partial charge in [0, 0.05) is 5.41 Å². The molecule has 12 heteroatoms. The molecule has 2 heterocycles. The van der Waals surface area contributed by atoms with Gasteiger partial charge >= 0.3 is 11.9 Å². The van der Waals surface area contributed by atoms with Crippen LogP contribution in [0.15, 0.2) is 22.2 Å². The van der Waals surface area contributed by atoms with E-state index < -0.39 is 56.7 Å². The minimum Gasteiger partial charge on any atom is -0.476 e. The average molecular weight is 492 g/mol. The molecule has 1 aromatic rings. The summed E-state index contributed by atoms with van der Waals surface area (Å²) in [6, 6.07) is 1.41. The molecule has 1 aromatic heterocycles. The molecule has 1 amide bonds. The predicted octanol–water partition coefficient (Wildman–Crippen LogP) is 2.88. The van der Waals surface area contributed by atoms with Crippen LogP contribution in [0.4, 0.5) is 0 Å². The number of methoxy groups -OCH3 is 1. The van der Waals surface area contributed by atoms with E-state index in [1.54, 1.807) is 20.8 Å². The molecule has 0 radical (unpaired) electrons. The summed E-state index contributed by atoms with van der Waals surface area (Å²) in [5, 5.41) is 20.2. The van der Waals surface area contributed by atoms with Crippen LogP contribution in [0, 0.1) is 11.3 Å². The minimum absolute atomic E-state index is 0.0361. The molecular formula is C19H22ClNO8S2. The lowest BCUT2D eigenvalue weighted by atomic mass is 9.92. The number of hydrogen-bond donors (Lipinski definition) is 2. The second kappa shape index (κ2) is 9.60. The van der Waals surface area contributed by atoms with Crippen molar-refractivity contribution in [2.75, 3.05) is 7.11 Å². The maximum absolute atomic E-state index is 12.7. The number of halogens is 1. The van der Waals surface area contributed by atoms with Crippen molar-refractivity contribution in [2.24, 2.45) is 11.3 Å². The SMILES string of the molecule is COC(=O)c1sccc1OC(SC(=O)C(C)(C)C)=C(C(=O)O)N1C(=O)[C@H]([C@@H](C)O)[C@@H]1Cl. The molecule has 1 saturated heterocycles. The van der Waals surface area contributed by atoms with E-state index in [-0.39, 0.29) is 10.6 Å². The highest BCUT2D eigenvalue weighted by Gasteiger charge is 2.53. The molecule has 0 unspecified atom stereocenters. The van der Waals surface area contributed by atoms with Crippen molar-refractivity contribution in [3.8, 4) is 5.75 Å². The summed E-state index contributed by atoms with van der Waals surface area (Å²) < 4.78 is 10.4. The number of rotatable bonds is 7. The number of esters is 1. The Morgan fingerprint density at radius 3 is 2.39 bits per heavy atom. The number of carboxylic acids is 1. The summed E-state index contributed by atoms with van der Waals surface area (Å²) >= 11 is 7.67. The third kappa shape index (κ3) is 5.22. The van der Waals surface area contributed by atoms with Gasteiger partial charge in [-0.2, -0.15) is 0 Å². The molecule has 2 rings (SSSR count). The number of aliphatic hydroxyl groups is 1. The summed E-state index contributed by atoms with van der Waals surface area (Å²) in [5.74, 6) is -4.05. The Kier molecular flexibility index (Phi) is 7.79. The molecule has 1 aliphatic rings. The number of alkyl halides is 1. The lowest BCUT2D eigenvalue weighted by Crippen LogP contribution is -2.62. The van der Waals surface area contributed by atoms with Crippen LogP contribution in [0.3, 0.4) is 0 Å². The number of aliphatic hydroxyl groups excluding tert-OH is 1. The lowest BCUT2D eigenvalue weighted by Gasteiger charge is -2.44. The molecular weight excluding hydrogens is 470 g/mol. The number of carboxylic acid groups (broad SMARTS) is 1. The van der Waals surface area contributed by atoms with Crippen LogP contribution in [-0.4, -0.2) is 56.8 Å². The van der Waals surface area contributed by atoms with Crippen LogP contribution >= 0.6 is 34.7 Å². The minimum atomic E-state index is -1.57. The highest BCUT2D eigenvalue weighted by Crippen LogP contribution is 2.41. The van der Waals surface area contributed by atoms with Gasteiger partial charge in [-0.25, -0.2) is 9.59 Å². The summed E-state index contributed by atoms with van der Waals surface area (Å²) in [7, 11) is 1.18. The highest BCUT2D eigenvalue weighted by atomic mass is 35.5. The van der Waals surface area contributed by atoms with Gasteiger partial charge in [0.1, 0.15) is 5.50 Å². The first-order valence-electron chi connectivity index (χ1n) is 9.00. The number of hydrogen-bond acceptors (Lipinski definition) is 9. The van der Waals surface area contributed by atoms with Crippen molar-refractivity contribution in [2.45, 2.75) is 39.3 Å². The first-order chi connectivity index (χ1) is 14.3. The fraction of sp³-hybridized carbons (Fsp3) is 0.474. The molecule has 1 fully saturated rings. The van der Waals surface area contributed by atoms with Crippen molar-refractivity contribution >= 4 is 57.7 Å². The van der Waals surface area contributed by atoms with Gasteiger partial charge in [-0.05, 0) is 30.1 Å². The van der Waals surface area contributed by atoms with E-state index in [0.29, 0.717) is 11.8 Å². The lowest BCUT2D eigenvalue weighted by molar-refractivity contribution is -0.158. The fourth-order valence-electron chi connectivity index (χ4n) is 2.51. The number of likely N-dealkylation sites (tertiary alicyclic amines) is 1. The second-order valence-electron chi connectivity index (χ2n) is 7.64. The number of β-lactam (4-membered cyclic amide) rings is 1. The van der Waals surface area contributed by atoms with Gasteiger partial charge in [0.25, 0.3) is 0 Å². The predicted molar refractivity (Wildman–Crippen MR) is 115 cm³/mol. The van der Waals surface area contributed by atoms with Gasteiger partial charge < -0.3 is 19.7 Å². The molecule has 0 aromatic carbocycles. The normalized spacial score (nSPS) is 20.5. The van der Waals surface area contributed by atoms with Gasteiger partial charge in [-0.1, -0.05) is 32.4 Å². The van der Waals surface area contributed by atoms with Crippen molar-refractivity contribution < 1.29 is 38.9 Å². The highest BCUT2D eigenvalue weighted by molar-refractivity contribution is 8.16. The van der Waals surface area contributed by atoms with Crippen LogP contribution in [0.1, 0.15) is 37.4 Å². The van der Waals surface area contributed by atoms with Crippen LogP contribution in [-0.2, 0) is 19.1 Å². The number of carbonyl (C=O) groups is 4. The summed E-state index contributed by atoms with van der Waals surface area (Å²) in [6.07, 6.45) is -1.10. The molecule has 170 valence electrons. The van der Waals surface area contributed by atoms with Crippen LogP contribution in [0.5, 0.6) is 5.75 Å². The number of aliphatic carboxylic acids is 1. The van der Waals surface area contributed by atoms with Crippen LogP contribution in [0.2, 0.25) is 0 Å². The Bertz CT molecular complexity index is 934. The van der Waals surface area contributed by atoms with E-state index in [9.17, 15) is 29.4 Å².